The van der Waals surface area contributed by atoms with Crippen LogP contribution in [0.1, 0.15) is 31.2 Å². The topological polar surface area (TPSA) is 78.4 Å². The maximum atomic E-state index is 11.7. The summed E-state index contributed by atoms with van der Waals surface area (Å²) in [5.74, 6) is -0.0178. The summed E-state index contributed by atoms with van der Waals surface area (Å²) in [6.07, 6.45) is 4.18. The summed E-state index contributed by atoms with van der Waals surface area (Å²) in [4.78, 5) is 22.2. The van der Waals surface area contributed by atoms with Crippen molar-refractivity contribution >= 4 is 17.7 Å². The molecule has 1 aliphatic rings. The van der Waals surface area contributed by atoms with E-state index in [4.69, 9.17) is 5.11 Å². The molecule has 0 aliphatic heterocycles. The van der Waals surface area contributed by atoms with Gasteiger partial charge in [0.05, 0.1) is 0 Å². The van der Waals surface area contributed by atoms with Gasteiger partial charge in [-0.1, -0.05) is 25.0 Å². The van der Waals surface area contributed by atoms with Crippen molar-refractivity contribution in [1.82, 2.24) is 5.32 Å². The average Bonchev–Trinajstić information content (AvgIpc) is 3.21. The summed E-state index contributed by atoms with van der Waals surface area (Å²) in [5.41, 5.74) is 1.60. The van der Waals surface area contributed by atoms with E-state index in [-0.39, 0.29) is 12.5 Å². The van der Waals surface area contributed by atoms with Crippen LogP contribution in [0.4, 0.5) is 10.5 Å². The van der Waals surface area contributed by atoms with Crippen LogP contribution in [0.2, 0.25) is 0 Å². The quantitative estimate of drug-likeness (QED) is 0.716. The number of carboxylic acid groups (broad SMARTS) is 1. The van der Waals surface area contributed by atoms with Crippen molar-refractivity contribution < 1.29 is 14.7 Å². The van der Waals surface area contributed by atoms with E-state index in [9.17, 15) is 9.59 Å². The van der Waals surface area contributed by atoms with E-state index in [1.54, 1.807) is 6.07 Å². The van der Waals surface area contributed by atoms with Crippen LogP contribution >= 0.6 is 0 Å². The van der Waals surface area contributed by atoms with Gasteiger partial charge in [0.2, 0.25) is 0 Å². The molecule has 0 atom stereocenters. The van der Waals surface area contributed by atoms with Crippen LogP contribution in [0.3, 0.4) is 0 Å². The highest BCUT2D eigenvalue weighted by atomic mass is 16.4. The van der Waals surface area contributed by atoms with Gasteiger partial charge >= 0.3 is 12.0 Å². The first-order chi connectivity index (χ1) is 9.63. The Morgan fingerprint density at radius 3 is 2.80 bits per heavy atom. The van der Waals surface area contributed by atoms with Gasteiger partial charge in [-0.15, -0.1) is 0 Å². The summed E-state index contributed by atoms with van der Waals surface area (Å²) in [6, 6.07) is 7.07. The van der Waals surface area contributed by atoms with Crippen molar-refractivity contribution in [3.8, 4) is 0 Å². The smallest absolute Gasteiger partial charge is 0.319 e. The molecule has 2 amide bonds. The number of benzene rings is 1. The molecule has 1 aromatic carbocycles. The molecular formula is C15H20N2O3. The zero-order valence-corrected chi connectivity index (χ0v) is 11.4. The first-order valence-electron chi connectivity index (χ1n) is 6.99. The number of urea groups is 1. The maximum Gasteiger partial charge on any atom is 0.319 e. The van der Waals surface area contributed by atoms with Crippen LogP contribution in [-0.4, -0.2) is 23.7 Å². The van der Waals surface area contributed by atoms with Crippen molar-refractivity contribution in [2.45, 2.75) is 32.1 Å². The fourth-order valence-electron chi connectivity index (χ4n) is 2.03. The molecule has 5 nitrogen and oxygen atoms in total. The zero-order chi connectivity index (χ0) is 14.4. The van der Waals surface area contributed by atoms with Gasteiger partial charge in [0, 0.05) is 18.7 Å². The SMILES string of the molecule is O=C(O)CCc1cccc(NC(=O)NCCC2CC2)c1. The Morgan fingerprint density at radius 2 is 2.10 bits per heavy atom. The molecule has 5 heteroatoms. The number of carboxylic acids is 1. The molecule has 0 saturated heterocycles. The maximum absolute atomic E-state index is 11.7. The van der Waals surface area contributed by atoms with Crippen LogP contribution in [-0.2, 0) is 11.2 Å². The molecule has 0 spiro atoms. The number of carbonyl (C=O) groups excluding carboxylic acids is 1. The van der Waals surface area contributed by atoms with E-state index < -0.39 is 5.97 Å². The third-order valence-corrected chi connectivity index (χ3v) is 3.35. The van der Waals surface area contributed by atoms with Crippen molar-refractivity contribution in [3.63, 3.8) is 0 Å². The van der Waals surface area contributed by atoms with Gasteiger partial charge in [-0.2, -0.15) is 0 Å². The largest absolute Gasteiger partial charge is 0.481 e. The number of nitrogens with one attached hydrogen (secondary N) is 2. The number of aliphatic carboxylic acids is 1. The van der Waals surface area contributed by atoms with E-state index in [1.807, 2.05) is 18.2 Å². The minimum absolute atomic E-state index is 0.0943. The minimum atomic E-state index is -0.818. The fraction of sp³-hybridized carbons (Fsp3) is 0.467. The number of amides is 2. The van der Waals surface area contributed by atoms with Crippen LogP contribution in [0.5, 0.6) is 0 Å². The lowest BCUT2D eigenvalue weighted by molar-refractivity contribution is -0.136. The zero-order valence-electron chi connectivity index (χ0n) is 11.4. The number of hydrogen-bond donors (Lipinski definition) is 3. The molecule has 2 rings (SSSR count). The highest BCUT2D eigenvalue weighted by molar-refractivity contribution is 5.89. The molecule has 0 unspecified atom stereocenters. The third-order valence-electron chi connectivity index (χ3n) is 3.35. The summed E-state index contributed by atoms with van der Waals surface area (Å²) in [5, 5.41) is 14.3. The monoisotopic (exact) mass is 276 g/mol. The third kappa shape index (κ3) is 5.30. The van der Waals surface area contributed by atoms with Gasteiger partial charge < -0.3 is 15.7 Å². The van der Waals surface area contributed by atoms with Gasteiger partial charge in [0.25, 0.3) is 0 Å². The van der Waals surface area contributed by atoms with Gasteiger partial charge in [-0.25, -0.2) is 4.79 Å². The number of rotatable bonds is 7. The standard InChI is InChI=1S/C15H20N2O3/c18-14(19)7-6-12-2-1-3-13(10-12)17-15(20)16-9-8-11-4-5-11/h1-3,10-11H,4-9H2,(H,18,19)(H2,16,17,20). The lowest BCUT2D eigenvalue weighted by Gasteiger charge is -2.08. The molecule has 0 heterocycles. The Labute approximate surface area is 118 Å². The Balaban J connectivity index is 1.76. The lowest BCUT2D eigenvalue weighted by atomic mass is 10.1. The summed E-state index contributed by atoms with van der Waals surface area (Å²) in [6.45, 7) is 0.704. The van der Waals surface area contributed by atoms with Gasteiger partial charge in [-0.05, 0) is 36.5 Å². The van der Waals surface area contributed by atoms with Crippen molar-refractivity contribution in [3.05, 3.63) is 29.8 Å². The summed E-state index contributed by atoms with van der Waals surface area (Å²) < 4.78 is 0. The molecule has 1 saturated carbocycles. The van der Waals surface area contributed by atoms with E-state index >= 15 is 0 Å². The van der Waals surface area contributed by atoms with Crippen molar-refractivity contribution in [1.29, 1.82) is 0 Å². The molecule has 108 valence electrons. The summed E-state index contributed by atoms with van der Waals surface area (Å²) >= 11 is 0. The van der Waals surface area contributed by atoms with Crippen LogP contribution in [0.15, 0.2) is 24.3 Å². The lowest BCUT2D eigenvalue weighted by Crippen LogP contribution is -2.29. The Hall–Kier alpha value is -2.04. The number of hydrogen-bond acceptors (Lipinski definition) is 2. The summed E-state index contributed by atoms with van der Waals surface area (Å²) in [7, 11) is 0. The number of carbonyl (C=O) groups is 2. The molecule has 0 bridgehead atoms. The second kappa shape index (κ2) is 6.93. The molecule has 0 aromatic heterocycles. The van der Waals surface area contributed by atoms with Crippen LogP contribution in [0.25, 0.3) is 0 Å². The minimum Gasteiger partial charge on any atom is -0.481 e. The highest BCUT2D eigenvalue weighted by Gasteiger charge is 2.20. The van der Waals surface area contributed by atoms with E-state index in [0.29, 0.717) is 18.7 Å². The Bertz CT molecular complexity index is 484. The van der Waals surface area contributed by atoms with E-state index in [1.165, 1.54) is 12.8 Å². The number of anilines is 1. The Kier molecular flexibility index (Phi) is 4.98. The second-order valence-corrected chi connectivity index (χ2v) is 5.21. The Morgan fingerprint density at radius 1 is 1.30 bits per heavy atom. The molecular weight excluding hydrogens is 256 g/mol. The van der Waals surface area contributed by atoms with E-state index in [0.717, 1.165) is 17.9 Å². The molecule has 1 fully saturated rings. The van der Waals surface area contributed by atoms with Crippen molar-refractivity contribution in [2.75, 3.05) is 11.9 Å². The predicted octanol–water partition coefficient (Wildman–Crippen LogP) is 2.63. The molecule has 20 heavy (non-hydrogen) atoms. The van der Waals surface area contributed by atoms with E-state index in [2.05, 4.69) is 10.6 Å². The second-order valence-electron chi connectivity index (χ2n) is 5.21. The van der Waals surface area contributed by atoms with Gasteiger partial charge in [0.1, 0.15) is 0 Å². The molecule has 1 aromatic rings. The normalized spacial score (nSPS) is 13.8. The average molecular weight is 276 g/mol. The first-order valence-corrected chi connectivity index (χ1v) is 6.99. The van der Waals surface area contributed by atoms with Crippen LogP contribution in [0, 0.1) is 5.92 Å². The van der Waals surface area contributed by atoms with Gasteiger partial charge in [0.15, 0.2) is 0 Å². The molecule has 0 radical (unpaired) electrons. The fourth-order valence-corrected chi connectivity index (χ4v) is 2.03. The van der Waals surface area contributed by atoms with Crippen molar-refractivity contribution in [2.24, 2.45) is 5.92 Å². The molecule has 1 aliphatic carbocycles. The van der Waals surface area contributed by atoms with Crippen LogP contribution < -0.4 is 10.6 Å². The predicted molar refractivity (Wildman–Crippen MR) is 76.8 cm³/mol. The first kappa shape index (κ1) is 14.4. The highest BCUT2D eigenvalue weighted by Crippen LogP contribution is 2.31. The molecule has 3 N–H and O–H groups in total. The van der Waals surface area contributed by atoms with Gasteiger partial charge in [-0.3, -0.25) is 4.79 Å². The number of aryl methyl sites for hydroxylation is 1.